The Morgan fingerprint density at radius 1 is 1.71 bits per heavy atom. The first kappa shape index (κ1) is 6.59. The molecular weight excluding hydrogens is 118 g/mol. The maximum Gasteiger partial charge on any atom is 0.126 e. The molecule has 0 spiro atoms. The van der Waals surface area contributed by atoms with Crippen molar-refractivity contribution in [1.82, 2.24) is 0 Å². The monoisotopic (exact) mass is 121 g/mol. The molecule has 0 amide bonds. The number of rotatable bonds is 2. The third-order valence-electron chi connectivity index (χ3n) is 0.165. The molecule has 0 aliphatic rings. The molecule has 40 valence electrons. The molecule has 0 aliphatic carbocycles. The molecule has 5 heteroatoms. The number of nitrogens with two attached hydrogens (primary N) is 1. The van der Waals surface area contributed by atoms with E-state index < -0.39 is 0 Å². The summed E-state index contributed by atoms with van der Waals surface area (Å²) in [6, 6.07) is 2.00. The van der Waals surface area contributed by atoms with Crippen molar-refractivity contribution >= 4 is 12.0 Å². The van der Waals surface area contributed by atoms with Crippen LogP contribution in [0.1, 0.15) is 0 Å². The summed E-state index contributed by atoms with van der Waals surface area (Å²) in [5.41, 5.74) is 4.67. The maximum absolute atomic E-state index is 7.44. The molecule has 0 aromatic heterocycles. The zero-order chi connectivity index (χ0) is 5.54. The van der Waals surface area contributed by atoms with Crippen LogP contribution in [-0.2, 0) is 9.37 Å². The largest absolute Gasteiger partial charge is 0.359 e. The Labute approximate surface area is 44.7 Å². The minimum Gasteiger partial charge on any atom is -0.359 e. The van der Waals surface area contributed by atoms with Gasteiger partial charge in [0.2, 0.25) is 0 Å². The van der Waals surface area contributed by atoms with Gasteiger partial charge in [0.15, 0.2) is 0 Å². The highest BCUT2D eigenvalue weighted by atomic mass is 32.2. The Bertz CT molecular complexity index is 84.7. The summed E-state index contributed by atoms with van der Waals surface area (Å²) >= 11 is 0.595. The SMILES string of the molecule is NC#CSOOO. The number of hydrogen-bond donors (Lipinski definition) is 2. The van der Waals surface area contributed by atoms with Crippen molar-refractivity contribution in [3.05, 3.63) is 0 Å². The Balaban J connectivity index is 2.78. The van der Waals surface area contributed by atoms with Crippen LogP contribution in [0.25, 0.3) is 0 Å². The van der Waals surface area contributed by atoms with Crippen molar-refractivity contribution in [3.8, 4) is 11.3 Å². The molecule has 4 nitrogen and oxygen atoms in total. The van der Waals surface area contributed by atoms with Gasteiger partial charge in [0.25, 0.3) is 0 Å². The second kappa shape index (κ2) is 5.59. The van der Waals surface area contributed by atoms with Gasteiger partial charge in [-0.1, -0.05) is 5.04 Å². The van der Waals surface area contributed by atoms with E-state index >= 15 is 0 Å². The molecule has 0 unspecified atom stereocenters. The van der Waals surface area contributed by atoms with E-state index in [0.717, 1.165) is 0 Å². The van der Waals surface area contributed by atoms with E-state index in [1.54, 1.807) is 0 Å². The van der Waals surface area contributed by atoms with Crippen LogP contribution < -0.4 is 5.73 Å². The first-order valence-corrected chi connectivity index (χ1v) is 2.00. The lowest BCUT2D eigenvalue weighted by atomic mass is 11.2. The van der Waals surface area contributed by atoms with E-state index in [1.165, 1.54) is 0 Å². The summed E-state index contributed by atoms with van der Waals surface area (Å²) in [4.78, 5) is 0. The van der Waals surface area contributed by atoms with Gasteiger partial charge in [-0.25, -0.2) is 5.26 Å². The van der Waals surface area contributed by atoms with Crippen LogP contribution in [-0.4, -0.2) is 5.26 Å². The normalized spacial score (nSPS) is 7.00. The molecule has 0 saturated heterocycles. The Morgan fingerprint density at radius 2 is 2.43 bits per heavy atom. The van der Waals surface area contributed by atoms with E-state index in [0.29, 0.717) is 12.0 Å². The second-order valence-corrected chi connectivity index (χ2v) is 0.979. The summed E-state index contributed by atoms with van der Waals surface area (Å²) in [5, 5.41) is 12.8. The molecule has 0 saturated carbocycles. The lowest BCUT2D eigenvalue weighted by Gasteiger charge is -1.80. The summed E-state index contributed by atoms with van der Waals surface area (Å²) < 4.78 is 3.79. The van der Waals surface area contributed by atoms with Gasteiger partial charge in [0.05, 0.1) is 0 Å². The minimum absolute atomic E-state index is 0.595. The quantitative estimate of drug-likeness (QED) is 0.134. The molecule has 0 atom stereocenters. The van der Waals surface area contributed by atoms with Crippen LogP contribution in [0.15, 0.2) is 0 Å². The molecule has 0 aromatic carbocycles. The molecule has 0 bridgehead atoms. The first-order chi connectivity index (χ1) is 3.41. The maximum atomic E-state index is 7.44. The Morgan fingerprint density at radius 3 is 2.86 bits per heavy atom. The first-order valence-electron chi connectivity index (χ1n) is 1.26. The molecule has 0 heterocycles. The third kappa shape index (κ3) is 5.59. The van der Waals surface area contributed by atoms with Crippen LogP contribution >= 0.6 is 12.0 Å². The van der Waals surface area contributed by atoms with E-state index in [9.17, 15) is 0 Å². The van der Waals surface area contributed by atoms with Gasteiger partial charge in [-0.2, -0.15) is 0 Å². The molecule has 3 N–H and O–H groups in total. The molecule has 0 aliphatic heterocycles. The van der Waals surface area contributed by atoms with E-state index in [4.69, 9.17) is 5.26 Å². The summed E-state index contributed by atoms with van der Waals surface area (Å²) in [7, 11) is 0. The summed E-state index contributed by atoms with van der Waals surface area (Å²) in [5.74, 6) is 0. The fourth-order valence-corrected chi connectivity index (χ4v) is 0.169. The van der Waals surface area contributed by atoms with Crippen molar-refractivity contribution in [2.75, 3.05) is 0 Å². The van der Waals surface area contributed by atoms with Gasteiger partial charge < -0.3 is 5.73 Å². The van der Waals surface area contributed by atoms with Gasteiger partial charge in [-0.15, -0.1) is 4.33 Å². The molecule has 0 fully saturated rings. The van der Waals surface area contributed by atoms with E-state index in [1.807, 2.05) is 6.04 Å². The smallest absolute Gasteiger partial charge is 0.126 e. The van der Waals surface area contributed by atoms with Gasteiger partial charge in [-0.05, 0) is 0 Å². The molecule has 0 aromatic rings. The third-order valence-corrected chi connectivity index (χ3v) is 0.495. The van der Waals surface area contributed by atoms with Crippen LogP contribution in [0.3, 0.4) is 0 Å². The molecule has 7 heavy (non-hydrogen) atoms. The fourth-order valence-electron chi connectivity index (χ4n) is 0.0563. The van der Waals surface area contributed by atoms with E-state index in [-0.39, 0.29) is 0 Å². The van der Waals surface area contributed by atoms with Crippen molar-refractivity contribution < 1.29 is 14.6 Å². The summed E-state index contributed by atoms with van der Waals surface area (Å²) in [6.45, 7) is 0. The molecule has 0 radical (unpaired) electrons. The van der Waals surface area contributed by atoms with Crippen molar-refractivity contribution in [1.29, 1.82) is 0 Å². The average molecular weight is 121 g/mol. The second-order valence-electron chi connectivity index (χ2n) is 0.472. The lowest BCUT2D eigenvalue weighted by molar-refractivity contribution is -0.431. The fraction of sp³-hybridized carbons (Fsp3) is 0. The zero-order valence-corrected chi connectivity index (χ0v) is 4.07. The van der Waals surface area contributed by atoms with Crippen molar-refractivity contribution in [2.24, 2.45) is 5.73 Å². The Hall–Kier alpha value is -0.410. The van der Waals surface area contributed by atoms with E-state index in [2.05, 4.69) is 20.4 Å². The highest BCUT2D eigenvalue weighted by Crippen LogP contribution is 1.95. The lowest BCUT2D eigenvalue weighted by Crippen LogP contribution is -1.76. The van der Waals surface area contributed by atoms with Crippen molar-refractivity contribution in [2.45, 2.75) is 0 Å². The minimum atomic E-state index is 0.595. The highest BCUT2D eigenvalue weighted by molar-refractivity contribution is 7.99. The van der Waals surface area contributed by atoms with Gasteiger partial charge >= 0.3 is 0 Å². The topological polar surface area (TPSA) is 64.7 Å². The Kier molecular flexibility index (Phi) is 5.26. The molecular formula is C2H3NO3S. The standard InChI is InChI=1S/C2H3NO3S/c3-1-2-7-6-5-4/h4H,3H2. The number of hydrogen-bond acceptors (Lipinski definition) is 5. The predicted octanol–water partition coefficient (Wildman–Crippen LogP) is -0.0671. The van der Waals surface area contributed by atoms with Crippen LogP contribution in [0, 0.1) is 11.3 Å². The highest BCUT2D eigenvalue weighted by Gasteiger charge is 1.74. The van der Waals surface area contributed by atoms with Crippen LogP contribution in [0.4, 0.5) is 0 Å². The van der Waals surface area contributed by atoms with Crippen molar-refractivity contribution in [3.63, 3.8) is 0 Å². The summed E-state index contributed by atoms with van der Waals surface area (Å²) in [6.07, 6.45) is 0. The van der Waals surface area contributed by atoms with Crippen LogP contribution in [0.2, 0.25) is 0 Å². The molecule has 0 rings (SSSR count). The van der Waals surface area contributed by atoms with Gasteiger partial charge in [0, 0.05) is 11.3 Å². The van der Waals surface area contributed by atoms with Gasteiger partial charge in [-0.3, -0.25) is 0 Å². The van der Waals surface area contributed by atoms with Crippen LogP contribution in [0.5, 0.6) is 0 Å². The predicted molar refractivity (Wildman–Crippen MR) is 24.4 cm³/mol. The average Bonchev–Trinajstić information content (AvgIpc) is 1.69. The van der Waals surface area contributed by atoms with Gasteiger partial charge in [0.1, 0.15) is 12.0 Å². The zero-order valence-electron chi connectivity index (χ0n) is 3.25.